The maximum Gasteiger partial charge on any atom is 0.407 e. The first kappa shape index (κ1) is 17.6. The van der Waals surface area contributed by atoms with Gasteiger partial charge in [-0.2, -0.15) is 0 Å². The van der Waals surface area contributed by atoms with E-state index in [4.69, 9.17) is 4.74 Å². The molecule has 0 aliphatic carbocycles. The van der Waals surface area contributed by atoms with Crippen LogP contribution in [0, 0.1) is 0 Å². The summed E-state index contributed by atoms with van der Waals surface area (Å²) < 4.78 is 4.99. The van der Waals surface area contributed by atoms with Crippen LogP contribution in [0.3, 0.4) is 0 Å². The highest BCUT2D eigenvalue weighted by Crippen LogP contribution is 2.25. The molecule has 2 rings (SSSR count). The molecule has 1 aromatic rings. The summed E-state index contributed by atoms with van der Waals surface area (Å²) in [4.78, 5) is 16.2. The molecule has 23 heavy (non-hydrogen) atoms. The summed E-state index contributed by atoms with van der Waals surface area (Å²) in [5.41, 5.74) is 2.43. The van der Waals surface area contributed by atoms with Gasteiger partial charge in [-0.25, -0.2) is 4.79 Å². The third-order valence-corrected chi connectivity index (χ3v) is 4.34. The summed E-state index contributed by atoms with van der Waals surface area (Å²) in [6.07, 6.45) is 3.42. The Bertz CT molecular complexity index is 482. The Balaban J connectivity index is 2.09. The van der Waals surface area contributed by atoms with E-state index in [0.29, 0.717) is 13.2 Å². The summed E-state index contributed by atoms with van der Waals surface area (Å²) >= 11 is 0. The largest absolute Gasteiger partial charge is 0.450 e. The third kappa shape index (κ3) is 5.13. The molecule has 1 unspecified atom stereocenters. The number of alkyl carbamates (subject to hydrolysis) is 1. The van der Waals surface area contributed by atoms with Crippen molar-refractivity contribution in [3.8, 4) is 0 Å². The minimum atomic E-state index is -0.334. The zero-order valence-electron chi connectivity index (χ0n) is 14.5. The second kappa shape index (κ2) is 8.77. The van der Waals surface area contributed by atoms with E-state index in [1.165, 1.54) is 30.5 Å². The van der Waals surface area contributed by atoms with Gasteiger partial charge < -0.3 is 15.0 Å². The van der Waals surface area contributed by atoms with Gasteiger partial charge in [0, 0.05) is 26.3 Å². The number of hydrogen-bond acceptors (Lipinski definition) is 4. The van der Waals surface area contributed by atoms with Gasteiger partial charge in [0.2, 0.25) is 0 Å². The summed E-state index contributed by atoms with van der Waals surface area (Å²) in [5.74, 6) is 0. The Kier molecular flexibility index (Phi) is 6.71. The molecular weight excluding hydrogens is 290 g/mol. The number of benzene rings is 1. The van der Waals surface area contributed by atoms with E-state index in [2.05, 4.69) is 39.4 Å². The molecule has 0 radical (unpaired) electrons. The number of nitrogens with one attached hydrogen (secondary N) is 1. The van der Waals surface area contributed by atoms with Crippen molar-refractivity contribution >= 4 is 11.8 Å². The molecule has 1 saturated heterocycles. The minimum absolute atomic E-state index is 0.205. The Morgan fingerprint density at radius 2 is 1.87 bits per heavy atom. The van der Waals surface area contributed by atoms with Crippen molar-refractivity contribution in [3.63, 3.8) is 0 Å². The van der Waals surface area contributed by atoms with Gasteiger partial charge in [0.1, 0.15) is 0 Å². The lowest BCUT2D eigenvalue weighted by atomic mass is 10.0. The van der Waals surface area contributed by atoms with E-state index in [9.17, 15) is 4.79 Å². The van der Waals surface area contributed by atoms with E-state index in [1.807, 2.05) is 21.0 Å². The van der Waals surface area contributed by atoms with Crippen molar-refractivity contribution in [3.05, 3.63) is 29.8 Å². The van der Waals surface area contributed by atoms with Crippen LogP contribution in [0.2, 0.25) is 0 Å². The summed E-state index contributed by atoms with van der Waals surface area (Å²) in [5, 5.41) is 2.90. The van der Waals surface area contributed by atoms with Crippen molar-refractivity contribution in [2.75, 3.05) is 45.2 Å². The topological polar surface area (TPSA) is 44.8 Å². The minimum Gasteiger partial charge on any atom is -0.450 e. The molecule has 5 heteroatoms. The molecule has 1 aliphatic heterocycles. The summed E-state index contributed by atoms with van der Waals surface area (Å²) in [6, 6.07) is 8.81. The van der Waals surface area contributed by atoms with E-state index < -0.39 is 0 Å². The maximum absolute atomic E-state index is 11.6. The molecule has 0 spiro atoms. The number of likely N-dealkylation sites (tertiary alicyclic amines) is 1. The number of anilines is 1. The number of ether oxygens (including phenoxy) is 1. The molecule has 0 aromatic heterocycles. The van der Waals surface area contributed by atoms with Gasteiger partial charge in [-0.05, 0) is 50.6 Å². The van der Waals surface area contributed by atoms with Crippen LogP contribution in [0.4, 0.5) is 10.5 Å². The standard InChI is InChI=1S/C18H29N3O2/c1-4-23-18(22)19-14-17(21-12-6-5-7-13-21)15-8-10-16(11-9-15)20(2)3/h8-11,17H,4-7,12-14H2,1-3H3,(H,19,22). The number of amides is 1. The smallest absolute Gasteiger partial charge is 0.407 e. The first-order valence-corrected chi connectivity index (χ1v) is 8.53. The zero-order valence-corrected chi connectivity index (χ0v) is 14.5. The quantitative estimate of drug-likeness (QED) is 0.875. The lowest BCUT2D eigenvalue weighted by molar-refractivity contribution is 0.135. The predicted octanol–water partition coefficient (Wildman–Crippen LogP) is 3.03. The Labute approximate surface area is 139 Å². The van der Waals surface area contributed by atoms with Crippen LogP contribution in [-0.2, 0) is 4.74 Å². The number of piperidine rings is 1. The summed E-state index contributed by atoms with van der Waals surface area (Å²) in [6.45, 7) is 4.98. The average Bonchev–Trinajstić information content (AvgIpc) is 2.57. The van der Waals surface area contributed by atoms with Crippen LogP contribution >= 0.6 is 0 Å². The van der Waals surface area contributed by atoms with Gasteiger partial charge in [-0.1, -0.05) is 18.6 Å². The molecule has 5 nitrogen and oxygen atoms in total. The monoisotopic (exact) mass is 319 g/mol. The van der Waals surface area contributed by atoms with Crippen LogP contribution in [0.5, 0.6) is 0 Å². The molecule has 1 aromatic carbocycles. The second-order valence-corrected chi connectivity index (χ2v) is 6.20. The number of carbonyl (C=O) groups excluding carboxylic acids is 1. The van der Waals surface area contributed by atoms with E-state index in [1.54, 1.807) is 0 Å². The van der Waals surface area contributed by atoms with Gasteiger partial charge >= 0.3 is 6.09 Å². The Morgan fingerprint density at radius 1 is 1.22 bits per heavy atom. The van der Waals surface area contributed by atoms with Gasteiger partial charge in [-0.3, -0.25) is 4.90 Å². The van der Waals surface area contributed by atoms with Crippen molar-refractivity contribution in [1.82, 2.24) is 10.2 Å². The van der Waals surface area contributed by atoms with Crippen LogP contribution < -0.4 is 10.2 Å². The maximum atomic E-state index is 11.6. The van der Waals surface area contributed by atoms with E-state index >= 15 is 0 Å². The molecule has 128 valence electrons. The highest BCUT2D eigenvalue weighted by molar-refractivity contribution is 5.67. The molecule has 1 fully saturated rings. The molecule has 1 amide bonds. The average molecular weight is 319 g/mol. The molecule has 1 aliphatic rings. The number of carbonyl (C=O) groups is 1. The van der Waals surface area contributed by atoms with Crippen LogP contribution in [0.25, 0.3) is 0 Å². The van der Waals surface area contributed by atoms with Crippen LogP contribution in [-0.4, -0.2) is 51.3 Å². The Morgan fingerprint density at radius 3 is 2.43 bits per heavy atom. The normalized spacial score (nSPS) is 16.7. The fraction of sp³-hybridized carbons (Fsp3) is 0.611. The van der Waals surface area contributed by atoms with Crippen molar-refractivity contribution < 1.29 is 9.53 Å². The molecule has 1 N–H and O–H groups in total. The van der Waals surface area contributed by atoms with E-state index in [0.717, 1.165) is 13.1 Å². The highest BCUT2D eigenvalue weighted by Gasteiger charge is 2.23. The molecule has 0 saturated carbocycles. The van der Waals surface area contributed by atoms with Gasteiger partial charge in [0.05, 0.1) is 12.6 Å². The van der Waals surface area contributed by atoms with Crippen LogP contribution in [0.15, 0.2) is 24.3 Å². The first-order valence-electron chi connectivity index (χ1n) is 8.53. The lowest BCUT2D eigenvalue weighted by Crippen LogP contribution is -2.40. The number of rotatable bonds is 6. The Hall–Kier alpha value is -1.75. The zero-order chi connectivity index (χ0) is 16.7. The highest BCUT2D eigenvalue weighted by atomic mass is 16.5. The lowest BCUT2D eigenvalue weighted by Gasteiger charge is -2.35. The third-order valence-electron chi connectivity index (χ3n) is 4.34. The second-order valence-electron chi connectivity index (χ2n) is 6.20. The molecular formula is C18H29N3O2. The summed E-state index contributed by atoms with van der Waals surface area (Å²) in [7, 11) is 4.08. The van der Waals surface area contributed by atoms with Gasteiger partial charge in [0.25, 0.3) is 0 Å². The van der Waals surface area contributed by atoms with Crippen molar-refractivity contribution in [2.45, 2.75) is 32.2 Å². The number of hydrogen-bond donors (Lipinski definition) is 1. The van der Waals surface area contributed by atoms with E-state index in [-0.39, 0.29) is 12.1 Å². The van der Waals surface area contributed by atoms with Gasteiger partial charge in [-0.15, -0.1) is 0 Å². The molecule has 0 bridgehead atoms. The predicted molar refractivity (Wildman–Crippen MR) is 94.0 cm³/mol. The fourth-order valence-corrected chi connectivity index (χ4v) is 3.04. The fourth-order valence-electron chi connectivity index (χ4n) is 3.04. The molecule has 1 heterocycles. The first-order chi connectivity index (χ1) is 11.1. The SMILES string of the molecule is CCOC(=O)NCC(c1ccc(N(C)C)cc1)N1CCCCC1. The number of nitrogens with zero attached hydrogens (tertiary/aromatic N) is 2. The molecule has 1 atom stereocenters. The van der Waals surface area contributed by atoms with Crippen LogP contribution in [0.1, 0.15) is 37.8 Å². The van der Waals surface area contributed by atoms with Crippen molar-refractivity contribution in [2.24, 2.45) is 0 Å². The van der Waals surface area contributed by atoms with Crippen molar-refractivity contribution in [1.29, 1.82) is 0 Å². The van der Waals surface area contributed by atoms with Gasteiger partial charge in [0.15, 0.2) is 0 Å².